The number of hydrogen-bond donors (Lipinski definition) is 2. The molecule has 3 rings (SSSR count). The molecule has 0 amide bonds. The fraction of sp³-hybridized carbons (Fsp3) is 0.231. The number of carboxylic acid groups (broad SMARTS) is 1. The Labute approximate surface area is 122 Å². The standard InChI is InChI=1S/C13H11BrN2O4/c14-11-10(13(17)18)15-12(16-11)7-2-3-8-9(6-7)20-5-1-4-19-8/h2-3,6H,1,4-5H2,(H,15,16)(H,17,18). The number of halogens is 1. The van der Waals surface area contributed by atoms with Crippen LogP contribution in [0.4, 0.5) is 0 Å². The van der Waals surface area contributed by atoms with E-state index in [1.165, 1.54) is 0 Å². The van der Waals surface area contributed by atoms with Crippen LogP contribution >= 0.6 is 15.9 Å². The van der Waals surface area contributed by atoms with Crippen LogP contribution in [-0.4, -0.2) is 34.3 Å². The summed E-state index contributed by atoms with van der Waals surface area (Å²) in [6, 6.07) is 5.40. The number of ether oxygens (including phenoxy) is 2. The Bertz CT molecular complexity index is 668. The van der Waals surface area contributed by atoms with Crippen LogP contribution in [0.15, 0.2) is 22.8 Å². The molecule has 0 aliphatic carbocycles. The third-order valence-electron chi connectivity index (χ3n) is 2.88. The van der Waals surface area contributed by atoms with Crippen LogP contribution in [0.1, 0.15) is 16.9 Å². The maximum atomic E-state index is 11.0. The number of H-pyrrole nitrogens is 1. The maximum Gasteiger partial charge on any atom is 0.357 e. The summed E-state index contributed by atoms with van der Waals surface area (Å²) >= 11 is 3.15. The number of imidazole rings is 1. The van der Waals surface area contributed by atoms with Crippen molar-refractivity contribution in [1.29, 1.82) is 0 Å². The van der Waals surface area contributed by atoms with Crippen molar-refractivity contribution >= 4 is 21.9 Å². The quantitative estimate of drug-likeness (QED) is 0.879. The second kappa shape index (κ2) is 5.16. The molecule has 0 bridgehead atoms. The van der Waals surface area contributed by atoms with Crippen LogP contribution < -0.4 is 9.47 Å². The monoisotopic (exact) mass is 338 g/mol. The summed E-state index contributed by atoms with van der Waals surface area (Å²) in [6.07, 6.45) is 0.833. The van der Waals surface area contributed by atoms with Gasteiger partial charge in [0.25, 0.3) is 0 Å². The van der Waals surface area contributed by atoms with Crippen LogP contribution in [0.5, 0.6) is 11.5 Å². The lowest BCUT2D eigenvalue weighted by Gasteiger charge is -2.07. The first-order valence-electron chi connectivity index (χ1n) is 6.04. The zero-order valence-electron chi connectivity index (χ0n) is 10.4. The summed E-state index contributed by atoms with van der Waals surface area (Å²) in [7, 11) is 0. The molecular formula is C13H11BrN2O4. The summed E-state index contributed by atoms with van der Waals surface area (Å²) in [4.78, 5) is 17.9. The van der Waals surface area contributed by atoms with E-state index < -0.39 is 5.97 Å². The van der Waals surface area contributed by atoms with Crippen LogP contribution in [0.2, 0.25) is 0 Å². The molecule has 1 aliphatic rings. The van der Waals surface area contributed by atoms with E-state index in [0.29, 0.717) is 35.1 Å². The average Bonchev–Trinajstić information content (AvgIpc) is 2.68. The number of nitrogens with one attached hydrogen (secondary N) is 1. The van der Waals surface area contributed by atoms with Gasteiger partial charge >= 0.3 is 5.97 Å². The summed E-state index contributed by atoms with van der Waals surface area (Å²) < 4.78 is 11.5. The van der Waals surface area contributed by atoms with E-state index in [1.807, 2.05) is 6.07 Å². The molecule has 104 valence electrons. The van der Waals surface area contributed by atoms with Gasteiger partial charge in [0.2, 0.25) is 0 Å². The van der Waals surface area contributed by atoms with Gasteiger partial charge in [0, 0.05) is 12.0 Å². The van der Waals surface area contributed by atoms with Gasteiger partial charge in [-0.2, -0.15) is 0 Å². The van der Waals surface area contributed by atoms with Crippen molar-refractivity contribution in [1.82, 2.24) is 9.97 Å². The molecule has 0 radical (unpaired) electrons. The molecule has 0 saturated heterocycles. The minimum absolute atomic E-state index is 0.0490. The van der Waals surface area contributed by atoms with Gasteiger partial charge in [-0.3, -0.25) is 0 Å². The highest BCUT2D eigenvalue weighted by Crippen LogP contribution is 2.34. The lowest BCUT2D eigenvalue weighted by Crippen LogP contribution is -1.97. The smallest absolute Gasteiger partial charge is 0.357 e. The van der Waals surface area contributed by atoms with Crippen molar-refractivity contribution in [3.8, 4) is 22.9 Å². The van der Waals surface area contributed by atoms with Crippen molar-refractivity contribution in [2.75, 3.05) is 13.2 Å². The summed E-state index contributed by atoms with van der Waals surface area (Å²) in [5.41, 5.74) is 0.689. The zero-order chi connectivity index (χ0) is 14.1. The van der Waals surface area contributed by atoms with E-state index in [1.54, 1.807) is 12.1 Å². The molecule has 20 heavy (non-hydrogen) atoms. The molecule has 7 heteroatoms. The van der Waals surface area contributed by atoms with Gasteiger partial charge < -0.3 is 19.6 Å². The normalized spacial score (nSPS) is 13.8. The molecule has 1 aromatic carbocycles. The molecular weight excluding hydrogens is 328 g/mol. The van der Waals surface area contributed by atoms with Gasteiger partial charge in [-0.1, -0.05) is 0 Å². The topological polar surface area (TPSA) is 84.4 Å². The Morgan fingerprint density at radius 1 is 1.30 bits per heavy atom. The zero-order valence-corrected chi connectivity index (χ0v) is 11.9. The molecule has 2 aromatic rings. The third-order valence-corrected chi connectivity index (χ3v) is 3.46. The highest BCUT2D eigenvalue weighted by atomic mass is 79.9. The molecule has 1 aliphatic heterocycles. The summed E-state index contributed by atoms with van der Waals surface area (Å²) in [5.74, 6) is 0.707. The van der Waals surface area contributed by atoms with Gasteiger partial charge in [-0.15, -0.1) is 0 Å². The minimum atomic E-state index is -1.09. The molecule has 0 fully saturated rings. The number of carbonyl (C=O) groups is 1. The van der Waals surface area contributed by atoms with Crippen molar-refractivity contribution in [3.63, 3.8) is 0 Å². The Morgan fingerprint density at radius 2 is 2.05 bits per heavy atom. The minimum Gasteiger partial charge on any atom is -0.490 e. The summed E-state index contributed by atoms with van der Waals surface area (Å²) in [5, 5.41) is 9.00. The van der Waals surface area contributed by atoms with Gasteiger partial charge in [0.05, 0.1) is 13.2 Å². The fourth-order valence-electron chi connectivity index (χ4n) is 1.94. The SMILES string of the molecule is O=C(O)c1nc(-c2ccc3c(c2)OCCCO3)[nH]c1Br. The number of benzene rings is 1. The van der Waals surface area contributed by atoms with Crippen molar-refractivity contribution in [3.05, 3.63) is 28.5 Å². The van der Waals surface area contributed by atoms with E-state index in [-0.39, 0.29) is 5.69 Å². The van der Waals surface area contributed by atoms with Crippen LogP contribution in [0, 0.1) is 0 Å². The summed E-state index contributed by atoms with van der Waals surface area (Å²) in [6.45, 7) is 1.22. The molecule has 0 saturated carbocycles. The Kier molecular flexibility index (Phi) is 3.35. The van der Waals surface area contributed by atoms with E-state index in [2.05, 4.69) is 25.9 Å². The Morgan fingerprint density at radius 3 is 2.75 bits per heavy atom. The van der Waals surface area contributed by atoms with Crippen molar-refractivity contribution < 1.29 is 19.4 Å². The Balaban J connectivity index is 2.00. The third kappa shape index (κ3) is 2.36. The van der Waals surface area contributed by atoms with E-state index >= 15 is 0 Å². The second-order valence-corrected chi connectivity index (χ2v) is 5.06. The highest BCUT2D eigenvalue weighted by molar-refractivity contribution is 9.10. The lowest BCUT2D eigenvalue weighted by molar-refractivity contribution is 0.0690. The van der Waals surface area contributed by atoms with Crippen molar-refractivity contribution in [2.45, 2.75) is 6.42 Å². The van der Waals surface area contributed by atoms with Crippen LogP contribution in [0.3, 0.4) is 0 Å². The van der Waals surface area contributed by atoms with Gasteiger partial charge in [-0.25, -0.2) is 9.78 Å². The number of nitrogens with zero attached hydrogens (tertiary/aromatic N) is 1. The number of fused-ring (bicyclic) bond motifs is 1. The number of rotatable bonds is 2. The molecule has 0 atom stereocenters. The fourth-order valence-corrected chi connectivity index (χ4v) is 2.39. The van der Waals surface area contributed by atoms with E-state index in [9.17, 15) is 4.79 Å². The number of carboxylic acids is 1. The predicted molar refractivity (Wildman–Crippen MR) is 74.3 cm³/mol. The van der Waals surface area contributed by atoms with Gasteiger partial charge in [-0.05, 0) is 34.1 Å². The van der Waals surface area contributed by atoms with Crippen LogP contribution in [0.25, 0.3) is 11.4 Å². The van der Waals surface area contributed by atoms with Crippen LogP contribution in [-0.2, 0) is 0 Å². The number of aromatic amines is 1. The highest BCUT2D eigenvalue weighted by Gasteiger charge is 2.17. The average molecular weight is 339 g/mol. The number of aromatic nitrogens is 2. The Hall–Kier alpha value is -2.02. The van der Waals surface area contributed by atoms with Crippen molar-refractivity contribution in [2.24, 2.45) is 0 Å². The first-order valence-corrected chi connectivity index (χ1v) is 6.83. The first kappa shape index (κ1) is 13.0. The molecule has 2 N–H and O–H groups in total. The number of hydrogen-bond acceptors (Lipinski definition) is 4. The first-order chi connectivity index (χ1) is 9.65. The van der Waals surface area contributed by atoms with E-state index in [0.717, 1.165) is 12.0 Å². The molecule has 0 spiro atoms. The molecule has 0 unspecified atom stereocenters. The molecule has 6 nitrogen and oxygen atoms in total. The van der Waals surface area contributed by atoms with E-state index in [4.69, 9.17) is 14.6 Å². The maximum absolute atomic E-state index is 11.0. The predicted octanol–water partition coefficient (Wildman–Crippen LogP) is 2.70. The second-order valence-electron chi connectivity index (χ2n) is 4.27. The lowest BCUT2D eigenvalue weighted by atomic mass is 10.2. The van der Waals surface area contributed by atoms with Gasteiger partial charge in [0.1, 0.15) is 10.4 Å². The van der Waals surface area contributed by atoms with Gasteiger partial charge in [0.15, 0.2) is 17.2 Å². The molecule has 2 heterocycles. The molecule has 1 aromatic heterocycles. The largest absolute Gasteiger partial charge is 0.490 e. The number of aromatic carboxylic acids is 1.